The van der Waals surface area contributed by atoms with Crippen LogP contribution in [0.4, 0.5) is 5.69 Å². The molecule has 0 unspecified atom stereocenters. The first-order valence-electron chi connectivity index (χ1n) is 5.29. The van der Waals surface area contributed by atoms with Crippen LogP contribution in [0.5, 0.6) is 0 Å². The molecule has 3 nitrogen and oxygen atoms in total. The van der Waals surface area contributed by atoms with Crippen LogP contribution in [0.3, 0.4) is 0 Å². The smallest absolute Gasteiger partial charge is 0.128 e. The Labute approximate surface area is 104 Å². The summed E-state index contributed by atoms with van der Waals surface area (Å²) in [4.78, 5) is 4.31. The fourth-order valence-electron chi connectivity index (χ4n) is 1.57. The lowest BCUT2D eigenvalue weighted by molar-refractivity contribution is 0.708. The van der Waals surface area contributed by atoms with Crippen molar-refractivity contribution in [1.29, 1.82) is 0 Å². The van der Waals surface area contributed by atoms with Gasteiger partial charge >= 0.3 is 0 Å². The second kappa shape index (κ2) is 5.16. The standard InChI is InChI=1S/C12H14BrN3/c1-2-16-7-6-14-12(16)9-15-11-5-3-4-10(13)8-11/h3-8,15H,2,9H2,1H3. The molecule has 1 N–H and O–H groups in total. The molecule has 1 aromatic carbocycles. The fraction of sp³-hybridized carbons (Fsp3) is 0.250. The molecule has 0 aliphatic heterocycles. The van der Waals surface area contributed by atoms with Crippen LogP contribution < -0.4 is 5.32 Å². The minimum absolute atomic E-state index is 0.747. The number of halogens is 1. The molecule has 0 amide bonds. The maximum absolute atomic E-state index is 4.31. The van der Waals surface area contributed by atoms with Gasteiger partial charge in [-0.1, -0.05) is 22.0 Å². The van der Waals surface area contributed by atoms with Crippen LogP contribution in [-0.4, -0.2) is 9.55 Å². The Hall–Kier alpha value is -1.29. The van der Waals surface area contributed by atoms with E-state index in [-0.39, 0.29) is 0 Å². The number of imidazole rings is 1. The molecule has 0 bridgehead atoms. The number of aromatic nitrogens is 2. The Morgan fingerprint density at radius 1 is 1.44 bits per heavy atom. The number of hydrogen-bond donors (Lipinski definition) is 1. The van der Waals surface area contributed by atoms with E-state index >= 15 is 0 Å². The number of nitrogens with one attached hydrogen (secondary N) is 1. The highest BCUT2D eigenvalue weighted by Gasteiger charge is 2.00. The summed E-state index contributed by atoms with van der Waals surface area (Å²) in [5, 5.41) is 3.35. The molecule has 2 rings (SSSR count). The highest BCUT2D eigenvalue weighted by Crippen LogP contribution is 2.16. The van der Waals surface area contributed by atoms with Gasteiger partial charge in [0.2, 0.25) is 0 Å². The van der Waals surface area contributed by atoms with Gasteiger partial charge in [0.15, 0.2) is 0 Å². The molecule has 0 spiro atoms. The van der Waals surface area contributed by atoms with Crippen molar-refractivity contribution in [1.82, 2.24) is 9.55 Å². The van der Waals surface area contributed by atoms with Crippen molar-refractivity contribution in [3.05, 3.63) is 47.0 Å². The van der Waals surface area contributed by atoms with Crippen LogP contribution in [0.2, 0.25) is 0 Å². The molecule has 0 fully saturated rings. The first kappa shape index (κ1) is 11.2. The summed E-state index contributed by atoms with van der Waals surface area (Å²) >= 11 is 3.45. The van der Waals surface area contributed by atoms with E-state index in [2.05, 4.69) is 43.8 Å². The zero-order chi connectivity index (χ0) is 11.4. The number of rotatable bonds is 4. The van der Waals surface area contributed by atoms with Gasteiger partial charge < -0.3 is 9.88 Å². The van der Waals surface area contributed by atoms with Crippen LogP contribution >= 0.6 is 15.9 Å². The number of nitrogens with zero attached hydrogens (tertiary/aromatic N) is 2. The minimum Gasteiger partial charge on any atom is -0.378 e. The summed E-state index contributed by atoms with van der Waals surface area (Å²) < 4.78 is 3.21. The molecule has 1 aromatic heterocycles. The monoisotopic (exact) mass is 279 g/mol. The Morgan fingerprint density at radius 3 is 3.06 bits per heavy atom. The average Bonchev–Trinajstić information content (AvgIpc) is 2.74. The van der Waals surface area contributed by atoms with E-state index in [0.717, 1.165) is 29.1 Å². The van der Waals surface area contributed by atoms with Gasteiger partial charge in [-0.15, -0.1) is 0 Å². The van der Waals surface area contributed by atoms with Gasteiger partial charge in [0.1, 0.15) is 5.82 Å². The normalized spacial score (nSPS) is 10.4. The SMILES string of the molecule is CCn1ccnc1CNc1cccc(Br)c1. The highest BCUT2D eigenvalue weighted by atomic mass is 79.9. The molecule has 2 aromatic rings. The fourth-order valence-corrected chi connectivity index (χ4v) is 1.97. The summed E-state index contributed by atoms with van der Waals surface area (Å²) in [5.41, 5.74) is 1.10. The van der Waals surface area contributed by atoms with Crippen molar-refractivity contribution >= 4 is 21.6 Å². The summed E-state index contributed by atoms with van der Waals surface area (Å²) in [6.07, 6.45) is 3.83. The minimum atomic E-state index is 0.747. The van der Waals surface area contributed by atoms with E-state index in [1.165, 1.54) is 0 Å². The van der Waals surface area contributed by atoms with E-state index in [9.17, 15) is 0 Å². The second-order valence-electron chi connectivity index (χ2n) is 3.49. The molecule has 1 heterocycles. The Bertz CT molecular complexity index is 465. The molecule has 0 aliphatic carbocycles. The summed E-state index contributed by atoms with van der Waals surface area (Å²) in [7, 11) is 0. The van der Waals surface area contributed by atoms with Gasteiger partial charge in [-0.3, -0.25) is 0 Å². The Morgan fingerprint density at radius 2 is 2.31 bits per heavy atom. The molecule has 4 heteroatoms. The molecule has 0 radical (unpaired) electrons. The largest absolute Gasteiger partial charge is 0.378 e. The van der Waals surface area contributed by atoms with Crippen molar-refractivity contribution < 1.29 is 0 Å². The summed E-state index contributed by atoms with van der Waals surface area (Å²) in [6, 6.07) is 8.13. The van der Waals surface area contributed by atoms with Crippen molar-refractivity contribution in [3.63, 3.8) is 0 Å². The zero-order valence-electron chi connectivity index (χ0n) is 9.15. The lowest BCUT2D eigenvalue weighted by Crippen LogP contribution is -2.07. The van der Waals surface area contributed by atoms with E-state index in [1.54, 1.807) is 0 Å². The summed E-state index contributed by atoms with van der Waals surface area (Å²) in [5.74, 6) is 1.06. The number of anilines is 1. The van der Waals surface area contributed by atoms with Crippen LogP contribution in [0, 0.1) is 0 Å². The van der Waals surface area contributed by atoms with Gasteiger partial charge in [-0.25, -0.2) is 4.98 Å². The van der Waals surface area contributed by atoms with E-state index in [0.29, 0.717) is 0 Å². The maximum Gasteiger partial charge on any atom is 0.128 e. The van der Waals surface area contributed by atoms with Crippen molar-refractivity contribution in [3.8, 4) is 0 Å². The van der Waals surface area contributed by atoms with Gasteiger partial charge in [-0.2, -0.15) is 0 Å². The van der Waals surface area contributed by atoms with Crippen molar-refractivity contribution in [2.24, 2.45) is 0 Å². The Balaban J connectivity index is 2.02. The van der Waals surface area contributed by atoms with Crippen LogP contribution in [0.1, 0.15) is 12.7 Å². The van der Waals surface area contributed by atoms with Gasteiger partial charge in [-0.05, 0) is 25.1 Å². The van der Waals surface area contributed by atoms with Crippen molar-refractivity contribution in [2.75, 3.05) is 5.32 Å². The van der Waals surface area contributed by atoms with Gasteiger partial charge in [0.05, 0.1) is 6.54 Å². The molecule has 16 heavy (non-hydrogen) atoms. The Kier molecular flexibility index (Phi) is 3.62. The highest BCUT2D eigenvalue weighted by molar-refractivity contribution is 9.10. The van der Waals surface area contributed by atoms with Crippen LogP contribution in [-0.2, 0) is 13.1 Å². The van der Waals surface area contributed by atoms with E-state index in [4.69, 9.17) is 0 Å². The zero-order valence-corrected chi connectivity index (χ0v) is 10.7. The first-order chi connectivity index (χ1) is 7.79. The summed E-state index contributed by atoms with van der Waals surface area (Å²) in [6.45, 7) is 3.82. The van der Waals surface area contributed by atoms with Gasteiger partial charge in [0.25, 0.3) is 0 Å². The topological polar surface area (TPSA) is 29.9 Å². The van der Waals surface area contributed by atoms with Gasteiger partial charge in [0, 0.05) is 29.1 Å². The lowest BCUT2D eigenvalue weighted by atomic mass is 10.3. The van der Waals surface area contributed by atoms with E-state index < -0.39 is 0 Å². The lowest BCUT2D eigenvalue weighted by Gasteiger charge is -2.08. The predicted octanol–water partition coefficient (Wildman–Crippen LogP) is 3.28. The molecule has 0 atom stereocenters. The van der Waals surface area contributed by atoms with Crippen LogP contribution in [0.15, 0.2) is 41.1 Å². The first-order valence-corrected chi connectivity index (χ1v) is 6.08. The second-order valence-corrected chi connectivity index (χ2v) is 4.41. The predicted molar refractivity (Wildman–Crippen MR) is 69.4 cm³/mol. The van der Waals surface area contributed by atoms with Crippen LogP contribution in [0.25, 0.3) is 0 Å². The molecular formula is C12H14BrN3. The molecule has 0 aliphatic rings. The average molecular weight is 280 g/mol. The quantitative estimate of drug-likeness (QED) is 0.931. The third kappa shape index (κ3) is 2.64. The number of aryl methyl sites for hydroxylation is 1. The molecular weight excluding hydrogens is 266 g/mol. The molecule has 0 saturated heterocycles. The van der Waals surface area contributed by atoms with Crippen molar-refractivity contribution in [2.45, 2.75) is 20.0 Å². The maximum atomic E-state index is 4.31. The number of hydrogen-bond acceptors (Lipinski definition) is 2. The number of benzene rings is 1. The third-order valence-corrected chi connectivity index (χ3v) is 2.91. The molecule has 84 valence electrons. The third-order valence-electron chi connectivity index (χ3n) is 2.42. The van der Waals surface area contributed by atoms with E-state index in [1.807, 2.05) is 30.6 Å². The molecule has 0 saturated carbocycles.